The first kappa shape index (κ1) is 17.5. The fraction of sp³-hybridized carbons (Fsp3) is 0.467. The molecule has 0 heterocycles. The molecule has 0 saturated heterocycles. The summed E-state index contributed by atoms with van der Waals surface area (Å²) in [6.07, 6.45) is -0.0957. The lowest BCUT2D eigenvalue weighted by Gasteiger charge is -2.14. The zero-order valence-electron chi connectivity index (χ0n) is 12.4. The molecule has 0 aromatic heterocycles. The SMILES string of the molecule is Cc1cccc(NC(=O)C(=O)NCCC(O)C(C)C)c1Cl. The summed E-state index contributed by atoms with van der Waals surface area (Å²) in [7, 11) is 0. The summed E-state index contributed by atoms with van der Waals surface area (Å²) in [5.74, 6) is -1.41. The molecule has 0 aliphatic carbocycles. The van der Waals surface area contributed by atoms with Crippen LogP contribution in [0.2, 0.25) is 5.02 Å². The lowest BCUT2D eigenvalue weighted by atomic mass is 10.0. The predicted molar refractivity (Wildman–Crippen MR) is 83.3 cm³/mol. The molecule has 21 heavy (non-hydrogen) atoms. The van der Waals surface area contributed by atoms with Crippen LogP contribution < -0.4 is 10.6 Å². The second kappa shape index (κ2) is 8.00. The Morgan fingerprint density at radius 2 is 1.95 bits per heavy atom. The van der Waals surface area contributed by atoms with Crippen LogP contribution in [0.5, 0.6) is 0 Å². The molecule has 2 amide bonds. The number of rotatable bonds is 5. The molecule has 0 aliphatic rings. The van der Waals surface area contributed by atoms with Gasteiger partial charge in [-0.15, -0.1) is 0 Å². The van der Waals surface area contributed by atoms with Gasteiger partial charge in [0.25, 0.3) is 0 Å². The molecule has 0 spiro atoms. The Labute approximate surface area is 129 Å². The van der Waals surface area contributed by atoms with Crippen molar-refractivity contribution in [3.05, 3.63) is 28.8 Å². The van der Waals surface area contributed by atoms with Crippen LogP contribution in [0.1, 0.15) is 25.8 Å². The summed E-state index contributed by atoms with van der Waals surface area (Å²) >= 11 is 6.04. The second-order valence-electron chi connectivity index (χ2n) is 5.25. The van der Waals surface area contributed by atoms with E-state index >= 15 is 0 Å². The molecule has 5 nitrogen and oxygen atoms in total. The van der Waals surface area contributed by atoms with Crippen LogP contribution in [0.15, 0.2) is 18.2 Å². The number of aliphatic hydroxyl groups is 1. The molecule has 116 valence electrons. The minimum atomic E-state index is -0.776. The maximum Gasteiger partial charge on any atom is 0.313 e. The minimum absolute atomic E-state index is 0.113. The lowest BCUT2D eigenvalue weighted by Crippen LogP contribution is -2.37. The molecular weight excluding hydrogens is 292 g/mol. The van der Waals surface area contributed by atoms with Crippen LogP contribution in [0, 0.1) is 12.8 Å². The number of halogens is 1. The maximum absolute atomic E-state index is 11.7. The zero-order valence-corrected chi connectivity index (χ0v) is 13.2. The third-order valence-corrected chi connectivity index (χ3v) is 3.64. The molecular formula is C15H21ClN2O3. The summed E-state index contributed by atoms with van der Waals surface area (Å²) in [5.41, 5.74) is 1.22. The Kier molecular flexibility index (Phi) is 6.65. The maximum atomic E-state index is 11.7. The van der Waals surface area contributed by atoms with Gasteiger partial charge in [-0.05, 0) is 30.9 Å². The number of aryl methyl sites for hydroxylation is 1. The predicted octanol–water partition coefficient (Wildman–Crippen LogP) is 2.11. The van der Waals surface area contributed by atoms with Crippen molar-refractivity contribution < 1.29 is 14.7 Å². The Morgan fingerprint density at radius 3 is 2.57 bits per heavy atom. The molecule has 1 aromatic carbocycles. The first-order chi connectivity index (χ1) is 9.82. The van der Waals surface area contributed by atoms with Gasteiger partial charge >= 0.3 is 11.8 Å². The van der Waals surface area contributed by atoms with Gasteiger partial charge in [0, 0.05) is 6.54 Å². The molecule has 1 aromatic rings. The summed E-state index contributed by atoms with van der Waals surface area (Å²) in [6.45, 7) is 5.83. The van der Waals surface area contributed by atoms with E-state index in [-0.39, 0.29) is 12.5 Å². The number of carbonyl (C=O) groups excluding carboxylic acids is 2. The Balaban J connectivity index is 2.48. The zero-order chi connectivity index (χ0) is 16.0. The van der Waals surface area contributed by atoms with E-state index in [1.54, 1.807) is 12.1 Å². The largest absolute Gasteiger partial charge is 0.393 e. The van der Waals surface area contributed by atoms with Gasteiger partial charge in [-0.3, -0.25) is 9.59 Å². The summed E-state index contributed by atoms with van der Waals surface area (Å²) in [6, 6.07) is 5.18. The van der Waals surface area contributed by atoms with Crippen molar-refractivity contribution in [2.75, 3.05) is 11.9 Å². The van der Waals surface area contributed by atoms with Crippen LogP contribution in [-0.4, -0.2) is 29.6 Å². The number of nitrogens with one attached hydrogen (secondary N) is 2. The van der Waals surface area contributed by atoms with Crippen LogP contribution in [0.4, 0.5) is 5.69 Å². The van der Waals surface area contributed by atoms with E-state index in [1.807, 2.05) is 26.8 Å². The van der Waals surface area contributed by atoms with Crippen molar-refractivity contribution in [3.63, 3.8) is 0 Å². The number of carbonyl (C=O) groups is 2. The van der Waals surface area contributed by atoms with Gasteiger partial charge in [-0.1, -0.05) is 37.6 Å². The average molecular weight is 313 g/mol. The summed E-state index contributed by atoms with van der Waals surface area (Å²) in [4.78, 5) is 23.4. The fourth-order valence-corrected chi connectivity index (χ4v) is 1.84. The van der Waals surface area contributed by atoms with Crippen LogP contribution in [0.25, 0.3) is 0 Å². The molecule has 6 heteroatoms. The van der Waals surface area contributed by atoms with Gasteiger partial charge in [0.2, 0.25) is 0 Å². The monoisotopic (exact) mass is 312 g/mol. The van der Waals surface area contributed by atoms with E-state index in [2.05, 4.69) is 10.6 Å². The Hall–Kier alpha value is -1.59. The van der Waals surface area contributed by atoms with Crippen molar-refractivity contribution in [2.45, 2.75) is 33.3 Å². The van der Waals surface area contributed by atoms with Crippen molar-refractivity contribution in [2.24, 2.45) is 5.92 Å². The molecule has 0 aliphatic heterocycles. The topological polar surface area (TPSA) is 78.4 Å². The highest BCUT2D eigenvalue weighted by atomic mass is 35.5. The summed E-state index contributed by atoms with van der Waals surface area (Å²) < 4.78 is 0. The lowest BCUT2D eigenvalue weighted by molar-refractivity contribution is -0.136. The van der Waals surface area contributed by atoms with Crippen LogP contribution in [0.3, 0.4) is 0 Å². The fourth-order valence-electron chi connectivity index (χ4n) is 1.67. The van der Waals surface area contributed by atoms with Crippen LogP contribution in [-0.2, 0) is 9.59 Å². The van der Waals surface area contributed by atoms with E-state index in [0.29, 0.717) is 17.1 Å². The first-order valence-electron chi connectivity index (χ1n) is 6.85. The number of hydrogen-bond acceptors (Lipinski definition) is 3. The molecule has 0 fully saturated rings. The Morgan fingerprint density at radius 1 is 1.29 bits per heavy atom. The van der Waals surface area contributed by atoms with Crippen molar-refractivity contribution in [1.29, 1.82) is 0 Å². The molecule has 1 atom stereocenters. The van der Waals surface area contributed by atoms with Gasteiger partial charge in [0.1, 0.15) is 0 Å². The van der Waals surface area contributed by atoms with Crippen molar-refractivity contribution >= 4 is 29.1 Å². The van der Waals surface area contributed by atoms with E-state index in [9.17, 15) is 14.7 Å². The highest BCUT2D eigenvalue weighted by Gasteiger charge is 2.16. The normalized spacial score (nSPS) is 12.1. The highest BCUT2D eigenvalue weighted by Crippen LogP contribution is 2.24. The number of amides is 2. The van der Waals surface area contributed by atoms with Gasteiger partial charge in [0.05, 0.1) is 16.8 Å². The van der Waals surface area contributed by atoms with Crippen molar-refractivity contribution in [1.82, 2.24) is 5.32 Å². The molecule has 0 saturated carbocycles. The van der Waals surface area contributed by atoms with E-state index in [1.165, 1.54) is 0 Å². The quantitative estimate of drug-likeness (QED) is 0.729. The third-order valence-electron chi connectivity index (χ3n) is 3.14. The van der Waals surface area contributed by atoms with Gasteiger partial charge < -0.3 is 15.7 Å². The average Bonchev–Trinajstić information content (AvgIpc) is 2.43. The third kappa shape index (κ3) is 5.36. The second-order valence-corrected chi connectivity index (χ2v) is 5.62. The standard InChI is InChI=1S/C15H21ClN2O3/c1-9(2)12(19)7-8-17-14(20)15(21)18-11-6-4-5-10(3)13(11)16/h4-6,9,12,19H,7-8H2,1-3H3,(H,17,20)(H,18,21). The minimum Gasteiger partial charge on any atom is -0.393 e. The number of anilines is 1. The van der Waals surface area contributed by atoms with Crippen LogP contribution >= 0.6 is 11.6 Å². The van der Waals surface area contributed by atoms with E-state index in [4.69, 9.17) is 11.6 Å². The summed E-state index contributed by atoms with van der Waals surface area (Å²) in [5, 5.41) is 15.0. The number of benzene rings is 1. The Bertz CT molecular complexity index is 518. The molecule has 0 bridgehead atoms. The first-order valence-corrected chi connectivity index (χ1v) is 7.23. The molecule has 1 rings (SSSR count). The van der Waals surface area contributed by atoms with Crippen molar-refractivity contribution in [3.8, 4) is 0 Å². The number of hydrogen-bond donors (Lipinski definition) is 3. The molecule has 1 unspecified atom stereocenters. The number of aliphatic hydroxyl groups excluding tert-OH is 1. The molecule has 0 radical (unpaired) electrons. The smallest absolute Gasteiger partial charge is 0.313 e. The highest BCUT2D eigenvalue weighted by molar-refractivity contribution is 6.41. The molecule has 3 N–H and O–H groups in total. The van der Waals surface area contributed by atoms with E-state index in [0.717, 1.165) is 5.56 Å². The van der Waals surface area contributed by atoms with Gasteiger partial charge in [-0.25, -0.2) is 0 Å². The van der Waals surface area contributed by atoms with E-state index < -0.39 is 17.9 Å². The van der Waals surface area contributed by atoms with Gasteiger partial charge in [0.15, 0.2) is 0 Å². The van der Waals surface area contributed by atoms with Gasteiger partial charge in [-0.2, -0.15) is 0 Å².